The topological polar surface area (TPSA) is 12.4 Å². The van der Waals surface area contributed by atoms with Gasteiger partial charge in [-0.15, -0.1) is 0 Å². The summed E-state index contributed by atoms with van der Waals surface area (Å²) in [5.41, 5.74) is 2.21. The molecule has 0 aromatic heterocycles. The molecule has 0 radical (unpaired) electrons. The molecule has 1 nitrogen and oxygen atoms in total. The fourth-order valence-electron chi connectivity index (χ4n) is 1.41. The Kier molecular flexibility index (Phi) is 4.79. The smallest absolute Gasteiger partial charge is 0.172 e. The molecule has 3 heteroatoms. The van der Waals surface area contributed by atoms with Crippen LogP contribution in [0.4, 0.5) is 0 Å². The summed E-state index contributed by atoms with van der Waals surface area (Å²) < 4.78 is 4.98. The summed E-state index contributed by atoms with van der Waals surface area (Å²) >= 11 is 0. The van der Waals surface area contributed by atoms with Crippen LogP contribution >= 0.6 is 0 Å². The Morgan fingerprint density at radius 3 is 1.71 bits per heavy atom. The summed E-state index contributed by atoms with van der Waals surface area (Å²) in [4.78, 5) is 0. The third-order valence-corrected chi connectivity index (χ3v) is 6.53. The van der Waals surface area contributed by atoms with E-state index in [1.807, 2.05) is 0 Å². The normalized spacial score (nSPS) is 17.0. The number of nitrogens with zero attached hydrogens (tertiary/aromatic N) is 1. The molecule has 0 N–H and O–H groups in total. The summed E-state index contributed by atoms with van der Waals surface area (Å²) in [6, 6.07) is 0. The van der Waals surface area contributed by atoms with Gasteiger partial charge in [0.1, 0.15) is 0 Å². The molecule has 0 amide bonds. The van der Waals surface area contributed by atoms with Gasteiger partial charge in [-0.2, -0.15) is 0 Å². The zero-order valence-electron chi connectivity index (χ0n) is 11.2. The van der Waals surface area contributed by atoms with E-state index in [2.05, 4.69) is 53.1 Å². The Labute approximate surface area is 92.1 Å². The van der Waals surface area contributed by atoms with Crippen LogP contribution in [-0.2, 0) is 0 Å². The lowest BCUT2D eigenvalue weighted by atomic mass is 10.2. The second-order valence-electron chi connectivity index (χ2n) is 6.22. The Hall–Kier alpha value is 0.104. The van der Waals surface area contributed by atoms with Gasteiger partial charge in [-0.1, -0.05) is 33.5 Å². The van der Waals surface area contributed by atoms with Crippen molar-refractivity contribution in [2.75, 3.05) is 0 Å². The molecule has 1 atom stereocenters. The maximum atomic E-state index is 4.98. The zero-order chi connectivity index (χ0) is 11.6. The summed E-state index contributed by atoms with van der Waals surface area (Å²) in [6.07, 6.45) is 1.13. The van der Waals surface area contributed by atoms with Crippen LogP contribution in [0.1, 0.15) is 20.3 Å². The first-order chi connectivity index (χ1) is 6.08. The fourth-order valence-corrected chi connectivity index (χ4v) is 4.02. The van der Waals surface area contributed by atoms with Gasteiger partial charge in [0.25, 0.3) is 0 Å². The van der Waals surface area contributed by atoms with E-state index >= 15 is 0 Å². The minimum Gasteiger partial charge on any atom is -0.330 e. The average molecular weight is 230 g/mol. The Morgan fingerprint density at radius 2 is 1.50 bits per heavy atom. The van der Waals surface area contributed by atoms with Crippen molar-refractivity contribution in [2.45, 2.75) is 65.1 Å². The highest BCUT2D eigenvalue weighted by Gasteiger charge is 2.27. The maximum Gasteiger partial charge on any atom is 0.172 e. The molecule has 14 heavy (non-hydrogen) atoms. The SMILES string of the molecule is CC/C(=N/[Si](C)(C)C)C(C)[Si](C)(C)C. The molecule has 0 saturated heterocycles. The molecule has 0 saturated carbocycles. The van der Waals surface area contributed by atoms with Gasteiger partial charge in [-0.05, 0) is 31.6 Å². The Morgan fingerprint density at radius 1 is 1.07 bits per heavy atom. The van der Waals surface area contributed by atoms with Crippen molar-refractivity contribution in [3.8, 4) is 0 Å². The van der Waals surface area contributed by atoms with Crippen LogP contribution in [0.2, 0.25) is 44.8 Å². The molecule has 0 bridgehead atoms. The molecular formula is C11H27NSi2. The van der Waals surface area contributed by atoms with Gasteiger partial charge in [0.2, 0.25) is 0 Å². The van der Waals surface area contributed by atoms with Crippen molar-refractivity contribution in [1.29, 1.82) is 0 Å². The second-order valence-corrected chi connectivity index (χ2v) is 16.4. The highest BCUT2D eigenvalue weighted by atomic mass is 28.3. The van der Waals surface area contributed by atoms with Gasteiger partial charge in [0, 0.05) is 5.71 Å². The summed E-state index contributed by atoms with van der Waals surface area (Å²) in [6.45, 7) is 18.9. The molecule has 1 unspecified atom stereocenters. The van der Waals surface area contributed by atoms with Crippen LogP contribution in [-0.4, -0.2) is 22.0 Å². The summed E-state index contributed by atoms with van der Waals surface area (Å²) in [7, 11) is -2.33. The molecule has 0 fully saturated rings. The summed E-state index contributed by atoms with van der Waals surface area (Å²) in [5.74, 6) is 0. The molecular weight excluding hydrogens is 202 g/mol. The predicted molar refractivity (Wildman–Crippen MR) is 73.8 cm³/mol. The van der Waals surface area contributed by atoms with Gasteiger partial charge in [-0.3, -0.25) is 0 Å². The van der Waals surface area contributed by atoms with E-state index in [1.165, 1.54) is 5.71 Å². The number of rotatable bonds is 4. The van der Waals surface area contributed by atoms with Gasteiger partial charge in [0.15, 0.2) is 8.24 Å². The molecule has 0 aliphatic rings. The first-order valence-electron chi connectivity index (χ1n) is 5.66. The van der Waals surface area contributed by atoms with Crippen LogP contribution in [0.5, 0.6) is 0 Å². The lowest BCUT2D eigenvalue weighted by Crippen LogP contribution is -2.33. The van der Waals surface area contributed by atoms with Crippen LogP contribution < -0.4 is 0 Å². The van der Waals surface area contributed by atoms with Gasteiger partial charge >= 0.3 is 0 Å². The van der Waals surface area contributed by atoms with E-state index in [0.717, 1.165) is 12.0 Å². The molecule has 0 aromatic carbocycles. The average Bonchev–Trinajstić information content (AvgIpc) is 1.95. The monoisotopic (exact) mass is 229 g/mol. The fraction of sp³-hybridized carbons (Fsp3) is 0.909. The zero-order valence-corrected chi connectivity index (χ0v) is 13.2. The molecule has 0 aliphatic heterocycles. The second kappa shape index (κ2) is 4.75. The molecule has 84 valence electrons. The maximum absolute atomic E-state index is 4.98. The molecule has 0 aromatic rings. The van der Waals surface area contributed by atoms with Crippen molar-refractivity contribution < 1.29 is 0 Å². The Balaban J connectivity index is 4.83. The van der Waals surface area contributed by atoms with Gasteiger partial charge < -0.3 is 4.66 Å². The molecule has 0 rings (SSSR count). The van der Waals surface area contributed by atoms with E-state index in [1.54, 1.807) is 0 Å². The van der Waals surface area contributed by atoms with Crippen molar-refractivity contribution in [1.82, 2.24) is 0 Å². The van der Waals surface area contributed by atoms with E-state index in [9.17, 15) is 0 Å². The predicted octanol–water partition coefficient (Wildman–Crippen LogP) is 4.40. The van der Waals surface area contributed by atoms with Crippen LogP contribution in [0.3, 0.4) is 0 Å². The van der Waals surface area contributed by atoms with Crippen LogP contribution in [0.25, 0.3) is 0 Å². The number of hydrogen-bond donors (Lipinski definition) is 0. The minimum absolute atomic E-state index is 0.735. The number of hydrogen-bond acceptors (Lipinski definition) is 1. The minimum atomic E-state index is -1.27. The largest absolute Gasteiger partial charge is 0.330 e. The molecule has 0 heterocycles. The molecule has 0 spiro atoms. The first kappa shape index (κ1) is 14.1. The van der Waals surface area contributed by atoms with E-state index < -0.39 is 16.3 Å². The van der Waals surface area contributed by atoms with E-state index in [0.29, 0.717) is 0 Å². The Bertz CT molecular complexity index is 208. The third-order valence-electron chi connectivity index (χ3n) is 2.64. The third kappa shape index (κ3) is 5.10. The van der Waals surface area contributed by atoms with Crippen molar-refractivity contribution in [3.63, 3.8) is 0 Å². The highest BCUT2D eigenvalue weighted by molar-refractivity contribution is 6.82. The summed E-state index contributed by atoms with van der Waals surface area (Å²) in [5, 5.41) is 0. The van der Waals surface area contributed by atoms with Crippen molar-refractivity contribution in [3.05, 3.63) is 0 Å². The lowest BCUT2D eigenvalue weighted by Gasteiger charge is -2.28. The standard InChI is InChI=1S/C11H27NSi2/c1-9-11(12-14(6,7)8)10(2)13(3,4)5/h10H,9H2,1-8H3/b12-11-. The van der Waals surface area contributed by atoms with Crippen LogP contribution in [0, 0.1) is 0 Å². The lowest BCUT2D eigenvalue weighted by molar-refractivity contribution is 1.10. The van der Waals surface area contributed by atoms with Crippen molar-refractivity contribution >= 4 is 22.0 Å². The van der Waals surface area contributed by atoms with Gasteiger partial charge in [-0.25, -0.2) is 0 Å². The highest BCUT2D eigenvalue weighted by Crippen LogP contribution is 2.25. The van der Waals surface area contributed by atoms with Gasteiger partial charge in [0.05, 0.1) is 8.07 Å². The molecule has 0 aliphatic carbocycles. The quantitative estimate of drug-likeness (QED) is 0.500. The van der Waals surface area contributed by atoms with E-state index in [4.69, 9.17) is 4.66 Å². The van der Waals surface area contributed by atoms with Crippen LogP contribution in [0.15, 0.2) is 4.66 Å². The van der Waals surface area contributed by atoms with Crippen molar-refractivity contribution in [2.24, 2.45) is 4.66 Å². The first-order valence-corrected chi connectivity index (χ1v) is 12.7. The van der Waals surface area contributed by atoms with E-state index in [-0.39, 0.29) is 0 Å².